The lowest BCUT2D eigenvalue weighted by Crippen LogP contribution is -2.32. The third-order valence-corrected chi connectivity index (χ3v) is 3.34. The Morgan fingerprint density at radius 3 is 2.33 bits per heavy atom. The van der Waals surface area contributed by atoms with Gasteiger partial charge in [0.05, 0.1) is 0 Å². The summed E-state index contributed by atoms with van der Waals surface area (Å²) in [5.41, 5.74) is 1.33. The molecule has 0 aliphatic carbocycles. The minimum absolute atomic E-state index is 0.597. The Balaban J connectivity index is 0.000000921. The number of hydrogen-bond acceptors (Lipinski definition) is 1. The van der Waals surface area contributed by atoms with Crippen molar-refractivity contribution in [2.45, 2.75) is 60.4 Å². The van der Waals surface area contributed by atoms with Crippen LogP contribution in [0.15, 0.2) is 12.3 Å². The van der Waals surface area contributed by atoms with Crippen molar-refractivity contribution in [3.05, 3.63) is 12.3 Å². The molecule has 0 bridgehead atoms. The first-order chi connectivity index (χ1) is 7.07. The molecule has 2 atom stereocenters. The molecule has 0 aromatic rings. The molecule has 15 heavy (non-hydrogen) atoms. The smallest absolute Gasteiger partial charge is 0.0310 e. The van der Waals surface area contributed by atoms with Gasteiger partial charge in [-0.15, -0.1) is 0 Å². The number of rotatable bonds is 3. The Hall–Kier alpha value is -0.460. The molecule has 1 heterocycles. The second kappa shape index (κ2) is 6.92. The molecule has 0 radical (unpaired) electrons. The molecule has 1 heteroatoms. The molecule has 0 aromatic carbocycles. The zero-order chi connectivity index (χ0) is 12.0. The fraction of sp³-hybridized carbons (Fsp3) is 0.857. The second-order valence-corrected chi connectivity index (χ2v) is 4.58. The van der Waals surface area contributed by atoms with Gasteiger partial charge < -0.3 is 4.90 Å². The van der Waals surface area contributed by atoms with Crippen LogP contribution in [0.2, 0.25) is 0 Å². The molecule has 0 aromatic heterocycles. The van der Waals surface area contributed by atoms with E-state index in [0.717, 1.165) is 12.0 Å². The number of allylic oxidation sites excluding steroid dienone is 1. The fourth-order valence-corrected chi connectivity index (χ4v) is 2.32. The maximum atomic E-state index is 4.19. The van der Waals surface area contributed by atoms with Crippen LogP contribution in [0.5, 0.6) is 0 Å². The van der Waals surface area contributed by atoms with Crippen molar-refractivity contribution in [1.29, 1.82) is 0 Å². The zero-order valence-electron chi connectivity index (χ0n) is 11.5. The van der Waals surface area contributed by atoms with Gasteiger partial charge in [-0.05, 0) is 24.7 Å². The molecular formula is C14H29N. The van der Waals surface area contributed by atoms with Gasteiger partial charge in [-0.25, -0.2) is 0 Å². The van der Waals surface area contributed by atoms with Crippen LogP contribution in [0, 0.1) is 11.8 Å². The lowest BCUT2D eigenvalue weighted by atomic mass is 10.00. The van der Waals surface area contributed by atoms with E-state index in [1.54, 1.807) is 0 Å². The van der Waals surface area contributed by atoms with Crippen LogP contribution >= 0.6 is 0 Å². The highest BCUT2D eigenvalue weighted by Crippen LogP contribution is 2.31. The Labute approximate surface area is 96.6 Å². The van der Waals surface area contributed by atoms with E-state index in [1.807, 2.05) is 13.8 Å². The Morgan fingerprint density at radius 2 is 1.93 bits per heavy atom. The molecule has 0 amide bonds. The third kappa shape index (κ3) is 3.55. The summed E-state index contributed by atoms with van der Waals surface area (Å²) >= 11 is 0. The summed E-state index contributed by atoms with van der Waals surface area (Å²) in [5, 5.41) is 0. The highest BCUT2D eigenvalue weighted by atomic mass is 15.2. The molecule has 1 saturated heterocycles. The van der Waals surface area contributed by atoms with Gasteiger partial charge in [0, 0.05) is 18.3 Å². The molecule has 90 valence electrons. The highest BCUT2D eigenvalue weighted by Gasteiger charge is 2.30. The van der Waals surface area contributed by atoms with Gasteiger partial charge in [-0.1, -0.05) is 48.1 Å². The van der Waals surface area contributed by atoms with Gasteiger partial charge in [0.2, 0.25) is 0 Å². The van der Waals surface area contributed by atoms with Crippen LogP contribution in [0.1, 0.15) is 54.4 Å². The van der Waals surface area contributed by atoms with Crippen molar-refractivity contribution in [3.63, 3.8) is 0 Å². The van der Waals surface area contributed by atoms with E-state index in [0.29, 0.717) is 5.92 Å². The Morgan fingerprint density at radius 1 is 1.40 bits per heavy atom. The van der Waals surface area contributed by atoms with Crippen LogP contribution in [-0.2, 0) is 0 Å². The largest absolute Gasteiger partial charge is 0.372 e. The second-order valence-electron chi connectivity index (χ2n) is 4.58. The van der Waals surface area contributed by atoms with Crippen molar-refractivity contribution in [3.8, 4) is 0 Å². The summed E-state index contributed by atoms with van der Waals surface area (Å²) in [7, 11) is 0. The Bertz CT molecular complexity index is 184. The average molecular weight is 211 g/mol. The van der Waals surface area contributed by atoms with E-state index in [9.17, 15) is 0 Å². The van der Waals surface area contributed by atoms with Gasteiger partial charge in [0.25, 0.3) is 0 Å². The molecule has 1 fully saturated rings. The van der Waals surface area contributed by atoms with Crippen molar-refractivity contribution in [2.75, 3.05) is 6.54 Å². The molecule has 1 rings (SSSR count). The third-order valence-electron chi connectivity index (χ3n) is 3.34. The molecule has 1 aliphatic heterocycles. The van der Waals surface area contributed by atoms with Gasteiger partial charge in [-0.3, -0.25) is 0 Å². The topological polar surface area (TPSA) is 3.24 Å². The molecule has 2 unspecified atom stereocenters. The van der Waals surface area contributed by atoms with E-state index in [2.05, 4.69) is 39.2 Å². The zero-order valence-corrected chi connectivity index (χ0v) is 11.5. The van der Waals surface area contributed by atoms with E-state index >= 15 is 0 Å². The van der Waals surface area contributed by atoms with Gasteiger partial charge in [-0.2, -0.15) is 0 Å². The standard InChI is InChI=1S/C12H23N.C2H6/c1-6-12-10(4)7-8-13(12)11(5)9(2)3;1-2/h9-10,12H,5-8H2,1-4H3;1-2H3. The van der Waals surface area contributed by atoms with Crippen LogP contribution in [0.3, 0.4) is 0 Å². The summed E-state index contributed by atoms with van der Waals surface area (Å²) < 4.78 is 0. The highest BCUT2D eigenvalue weighted by molar-refractivity contribution is 5.03. The quantitative estimate of drug-likeness (QED) is 0.672. The summed E-state index contributed by atoms with van der Waals surface area (Å²) in [4.78, 5) is 2.52. The number of nitrogens with zero attached hydrogens (tertiary/aromatic N) is 1. The van der Waals surface area contributed by atoms with Crippen LogP contribution < -0.4 is 0 Å². The van der Waals surface area contributed by atoms with Crippen LogP contribution in [-0.4, -0.2) is 17.5 Å². The van der Waals surface area contributed by atoms with Crippen LogP contribution in [0.25, 0.3) is 0 Å². The maximum Gasteiger partial charge on any atom is 0.0310 e. The average Bonchev–Trinajstić information content (AvgIpc) is 2.61. The monoisotopic (exact) mass is 211 g/mol. The predicted molar refractivity (Wildman–Crippen MR) is 69.9 cm³/mol. The molecule has 1 nitrogen and oxygen atoms in total. The summed E-state index contributed by atoms with van der Waals surface area (Å²) in [6.45, 7) is 18.5. The minimum Gasteiger partial charge on any atom is -0.372 e. The fourth-order valence-electron chi connectivity index (χ4n) is 2.32. The summed E-state index contributed by atoms with van der Waals surface area (Å²) in [6.07, 6.45) is 2.59. The predicted octanol–water partition coefficient (Wildman–Crippen LogP) is 4.30. The van der Waals surface area contributed by atoms with Crippen LogP contribution in [0.4, 0.5) is 0 Å². The molecular weight excluding hydrogens is 182 g/mol. The van der Waals surface area contributed by atoms with E-state index in [4.69, 9.17) is 0 Å². The maximum absolute atomic E-state index is 4.19. The van der Waals surface area contributed by atoms with E-state index in [-0.39, 0.29) is 0 Å². The molecule has 1 aliphatic rings. The first-order valence-corrected chi connectivity index (χ1v) is 6.53. The first kappa shape index (κ1) is 14.5. The van der Waals surface area contributed by atoms with Gasteiger partial charge >= 0.3 is 0 Å². The number of hydrogen-bond donors (Lipinski definition) is 0. The van der Waals surface area contributed by atoms with Gasteiger partial charge in [0.15, 0.2) is 0 Å². The van der Waals surface area contributed by atoms with Crippen molar-refractivity contribution in [1.82, 2.24) is 4.90 Å². The Kier molecular flexibility index (Phi) is 6.71. The van der Waals surface area contributed by atoms with E-state index in [1.165, 1.54) is 25.1 Å². The van der Waals surface area contributed by atoms with Gasteiger partial charge in [0.1, 0.15) is 0 Å². The van der Waals surface area contributed by atoms with E-state index < -0.39 is 0 Å². The lowest BCUT2D eigenvalue weighted by Gasteiger charge is -2.31. The SMILES string of the molecule is C=C(C(C)C)N1CCC(C)C1CC.CC. The number of likely N-dealkylation sites (tertiary alicyclic amines) is 1. The lowest BCUT2D eigenvalue weighted by molar-refractivity contribution is 0.260. The van der Waals surface area contributed by atoms with Crippen molar-refractivity contribution >= 4 is 0 Å². The summed E-state index contributed by atoms with van der Waals surface area (Å²) in [5.74, 6) is 1.44. The van der Waals surface area contributed by atoms with Crippen molar-refractivity contribution < 1.29 is 0 Å². The molecule has 0 saturated carbocycles. The molecule has 0 N–H and O–H groups in total. The summed E-state index contributed by atoms with van der Waals surface area (Å²) in [6, 6.07) is 0.745. The molecule has 0 spiro atoms. The first-order valence-electron chi connectivity index (χ1n) is 6.53. The normalized spacial score (nSPS) is 25.1. The van der Waals surface area contributed by atoms with Crippen molar-refractivity contribution in [2.24, 2.45) is 11.8 Å². The minimum atomic E-state index is 0.597.